The Kier molecular flexibility index (Phi) is 3.03. The van der Waals surface area contributed by atoms with Crippen molar-refractivity contribution < 1.29 is 18.7 Å². The van der Waals surface area contributed by atoms with E-state index in [-0.39, 0.29) is 18.6 Å². The van der Waals surface area contributed by atoms with Crippen molar-refractivity contribution in [3.05, 3.63) is 42.4 Å². The highest BCUT2D eigenvalue weighted by atomic mass is 16.7. The molecule has 2 aromatic heterocycles. The second-order valence-electron chi connectivity index (χ2n) is 5.93. The number of amides is 1. The SMILES string of the molecule is O=C1C[C@H](c2nc(-c3ccco3)nn2-c2ccc3c(c2)OCO3)CN1. The molecule has 4 heterocycles. The van der Waals surface area contributed by atoms with Crippen LogP contribution >= 0.6 is 0 Å². The zero-order valence-corrected chi connectivity index (χ0v) is 13.1. The number of carbonyl (C=O) groups is 1. The Morgan fingerprint density at radius 1 is 1.20 bits per heavy atom. The fourth-order valence-electron chi connectivity index (χ4n) is 3.09. The van der Waals surface area contributed by atoms with Gasteiger partial charge in [0, 0.05) is 24.9 Å². The number of carbonyl (C=O) groups excluding carboxylic acids is 1. The van der Waals surface area contributed by atoms with Crippen LogP contribution in [0.3, 0.4) is 0 Å². The van der Waals surface area contributed by atoms with Crippen LogP contribution in [0.5, 0.6) is 11.5 Å². The third-order valence-electron chi connectivity index (χ3n) is 4.32. The summed E-state index contributed by atoms with van der Waals surface area (Å²) in [7, 11) is 0. The monoisotopic (exact) mass is 338 g/mol. The lowest BCUT2D eigenvalue weighted by atomic mass is 10.1. The summed E-state index contributed by atoms with van der Waals surface area (Å²) >= 11 is 0. The van der Waals surface area contributed by atoms with Gasteiger partial charge in [-0.2, -0.15) is 0 Å². The van der Waals surface area contributed by atoms with E-state index in [4.69, 9.17) is 13.9 Å². The van der Waals surface area contributed by atoms with E-state index in [2.05, 4.69) is 15.4 Å². The van der Waals surface area contributed by atoms with Gasteiger partial charge in [0.2, 0.25) is 18.5 Å². The van der Waals surface area contributed by atoms with Crippen molar-refractivity contribution in [3.8, 4) is 28.8 Å². The third-order valence-corrected chi connectivity index (χ3v) is 4.32. The fraction of sp³-hybridized carbons (Fsp3) is 0.235. The Morgan fingerprint density at radius 2 is 2.12 bits per heavy atom. The summed E-state index contributed by atoms with van der Waals surface area (Å²) in [5, 5.41) is 7.44. The Morgan fingerprint density at radius 3 is 2.92 bits per heavy atom. The maximum atomic E-state index is 11.6. The summed E-state index contributed by atoms with van der Waals surface area (Å²) in [4.78, 5) is 16.3. The number of nitrogens with one attached hydrogen (secondary N) is 1. The van der Waals surface area contributed by atoms with E-state index in [1.54, 1.807) is 23.1 Å². The molecule has 1 amide bonds. The molecule has 0 radical (unpaired) electrons. The van der Waals surface area contributed by atoms with Gasteiger partial charge in [-0.05, 0) is 24.3 Å². The third kappa shape index (κ3) is 2.34. The molecular formula is C17H14N4O4. The van der Waals surface area contributed by atoms with Gasteiger partial charge in [0.25, 0.3) is 0 Å². The van der Waals surface area contributed by atoms with E-state index < -0.39 is 0 Å². The molecule has 3 aromatic rings. The largest absolute Gasteiger partial charge is 0.461 e. The van der Waals surface area contributed by atoms with Crippen LogP contribution in [0.25, 0.3) is 17.3 Å². The molecule has 0 saturated carbocycles. The second-order valence-corrected chi connectivity index (χ2v) is 5.93. The summed E-state index contributed by atoms with van der Waals surface area (Å²) in [5.41, 5.74) is 0.795. The molecule has 25 heavy (non-hydrogen) atoms. The van der Waals surface area contributed by atoms with Crippen LogP contribution in [0.1, 0.15) is 18.2 Å². The Bertz CT molecular complexity index is 948. The summed E-state index contributed by atoms with van der Waals surface area (Å²) in [6, 6.07) is 9.18. The van der Waals surface area contributed by atoms with Gasteiger partial charge >= 0.3 is 0 Å². The standard InChI is InChI=1S/C17H14N4O4/c22-15-6-10(8-18-15)17-19-16(13-2-1-5-23-13)20-21(17)11-3-4-12-14(7-11)25-9-24-12/h1-5,7,10H,6,8-9H2,(H,18,22)/t10-/m0/s1. The van der Waals surface area contributed by atoms with Crippen molar-refractivity contribution in [2.75, 3.05) is 13.3 Å². The van der Waals surface area contributed by atoms with Crippen LogP contribution in [-0.4, -0.2) is 34.0 Å². The number of hydrogen-bond acceptors (Lipinski definition) is 6. The summed E-state index contributed by atoms with van der Waals surface area (Å²) in [6.45, 7) is 0.751. The molecule has 1 atom stereocenters. The number of rotatable bonds is 3. The lowest BCUT2D eigenvalue weighted by molar-refractivity contribution is -0.119. The molecule has 0 bridgehead atoms. The van der Waals surface area contributed by atoms with Gasteiger partial charge in [-0.1, -0.05) is 0 Å². The lowest BCUT2D eigenvalue weighted by Gasteiger charge is -2.10. The molecule has 8 nitrogen and oxygen atoms in total. The van der Waals surface area contributed by atoms with Crippen molar-refractivity contribution in [1.29, 1.82) is 0 Å². The topological polar surface area (TPSA) is 91.4 Å². The van der Waals surface area contributed by atoms with Gasteiger partial charge in [-0.3, -0.25) is 4.79 Å². The van der Waals surface area contributed by atoms with Crippen LogP contribution in [0.4, 0.5) is 0 Å². The number of aromatic nitrogens is 3. The predicted molar refractivity (Wildman–Crippen MR) is 85.6 cm³/mol. The number of nitrogens with zero attached hydrogens (tertiary/aromatic N) is 3. The summed E-state index contributed by atoms with van der Waals surface area (Å²) in [6.07, 6.45) is 1.97. The molecule has 0 aliphatic carbocycles. The first kappa shape index (κ1) is 14.1. The maximum absolute atomic E-state index is 11.6. The van der Waals surface area contributed by atoms with E-state index in [1.807, 2.05) is 18.2 Å². The zero-order valence-electron chi connectivity index (χ0n) is 13.1. The normalized spacial score (nSPS) is 18.6. The van der Waals surface area contributed by atoms with Crippen molar-refractivity contribution in [1.82, 2.24) is 20.1 Å². The number of fused-ring (bicyclic) bond motifs is 1. The van der Waals surface area contributed by atoms with Gasteiger partial charge in [0.05, 0.1) is 12.0 Å². The van der Waals surface area contributed by atoms with Crippen molar-refractivity contribution in [2.24, 2.45) is 0 Å². The maximum Gasteiger partial charge on any atom is 0.231 e. The minimum absolute atomic E-state index is 0.0183. The molecule has 1 fully saturated rings. The van der Waals surface area contributed by atoms with Crippen molar-refractivity contribution >= 4 is 5.91 Å². The van der Waals surface area contributed by atoms with Gasteiger partial charge < -0.3 is 19.2 Å². The first-order valence-corrected chi connectivity index (χ1v) is 7.95. The molecule has 8 heteroatoms. The molecule has 1 N–H and O–H groups in total. The van der Waals surface area contributed by atoms with Gasteiger partial charge in [0.1, 0.15) is 5.82 Å². The zero-order chi connectivity index (χ0) is 16.8. The van der Waals surface area contributed by atoms with Gasteiger partial charge in [-0.25, -0.2) is 9.67 Å². The average molecular weight is 338 g/mol. The molecule has 2 aliphatic rings. The number of hydrogen-bond donors (Lipinski definition) is 1. The number of ether oxygens (including phenoxy) is 2. The first-order valence-electron chi connectivity index (χ1n) is 7.95. The predicted octanol–water partition coefficient (Wildman–Crippen LogP) is 1.86. The lowest BCUT2D eigenvalue weighted by Crippen LogP contribution is -2.15. The molecule has 2 aliphatic heterocycles. The molecule has 0 unspecified atom stereocenters. The first-order chi connectivity index (χ1) is 12.3. The van der Waals surface area contributed by atoms with E-state index >= 15 is 0 Å². The minimum Gasteiger partial charge on any atom is -0.461 e. The number of furan rings is 1. The highest BCUT2D eigenvalue weighted by Gasteiger charge is 2.30. The highest BCUT2D eigenvalue weighted by molar-refractivity contribution is 5.79. The highest BCUT2D eigenvalue weighted by Crippen LogP contribution is 2.35. The summed E-state index contributed by atoms with van der Waals surface area (Å²) < 4.78 is 18.0. The van der Waals surface area contributed by atoms with Crippen molar-refractivity contribution in [2.45, 2.75) is 12.3 Å². The van der Waals surface area contributed by atoms with E-state index in [0.717, 1.165) is 5.69 Å². The number of benzene rings is 1. The average Bonchev–Trinajstić information content (AvgIpc) is 3.39. The molecule has 126 valence electrons. The van der Waals surface area contributed by atoms with Crippen LogP contribution in [-0.2, 0) is 4.79 Å². The Balaban J connectivity index is 1.62. The second kappa shape index (κ2) is 5.37. The minimum atomic E-state index is -0.0471. The quantitative estimate of drug-likeness (QED) is 0.784. The molecule has 1 saturated heterocycles. The summed E-state index contributed by atoms with van der Waals surface area (Å²) in [5.74, 6) is 3.12. The Hall–Kier alpha value is -3.29. The molecule has 0 spiro atoms. The van der Waals surface area contributed by atoms with E-state index in [9.17, 15) is 4.79 Å². The van der Waals surface area contributed by atoms with Crippen LogP contribution < -0.4 is 14.8 Å². The van der Waals surface area contributed by atoms with E-state index in [1.165, 1.54) is 0 Å². The van der Waals surface area contributed by atoms with Crippen LogP contribution in [0.15, 0.2) is 41.0 Å². The molecular weight excluding hydrogens is 324 g/mol. The molecule has 5 rings (SSSR count). The van der Waals surface area contributed by atoms with Crippen LogP contribution in [0.2, 0.25) is 0 Å². The van der Waals surface area contributed by atoms with Gasteiger partial charge in [-0.15, -0.1) is 5.10 Å². The van der Waals surface area contributed by atoms with Crippen molar-refractivity contribution in [3.63, 3.8) is 0 Å². The van der Waals surface area contributed by atoms with E-state index in [0.29, 0.717) is 41.9 Å². The smallest absolute Gasteiger partial charge is 0.231 e. The van der Waals surface area contributed by atoms with Gasteiger partial charge in [0.15, 0.2) is 17.3 Å². The van der Waals surface area contributed by atoms with Crippen LogP contribution in [0, 0.1) is 0 Å². The fourth-order valence-corrected chi connectivity index (χ4v) is 3.09. The Labute approximate surface area is 142 Å². The molecule has 1 aromatic carbocycles.